The normalized spacial score (nSPS) is 26.8. The molecule has 1 unspecified atom stereocenters. The SMILES string of the molecule is CCOc1ccc(C2=CCC(C3CCC(OC(=O)C4CCC(c5ccc(C)c(F)c5F)CC4)CC3)CC2)c(F)c1F. The summed E-state index contributed by atoms with van der Waals surface area (Å²) in [5.74, 6) is -2.73. The maximum Gasteiger partial charge on any atom is 0.309 e. The Morgan fingerprint density at radius 3 is 2.20 bits per heavy atom. The maximum atomic E-state index is 14.7. The standard InChI is InChI=1S/C34H40F4O3/c1-3-40-29-19-18-28(32(37)33(29)38)23-7-5-21(6-8-23)22-13-15-26(16-14-22)41-34(39)25-11-9-24(10-12-25)27-17-4-20(2)30(35)31(27)36/h4,7,17-19,21-22,24-26H,3,5-6,8-16H2,1-2H3. The number of carbonyl (C=O) groups excluding carboxylic acids is 1. The molecule has 0 saturated heterocycles. The summed E-state index contributed by atoms with van der Waals surface area (Å²) >= 11 is 0. The van der Waals surface area contributed by atoms with Crippen molar-refractivity contribution < 1.29 is 31.8 Å². The molecule has 3 nitrogen and oxygen atoms in total. The second-order valence-electron chi connectivity index (χ2n) is 12.1. The predicted octanol–water partition coefficient (Wildman–Crippen LogP) is 9.21. The number of rotatable bonds is 7. The van der Waals surface area contributed by atoms with Gasteiger partial charge in [0.15, 0.2) is 23.2 Å². The van der Waals surface area contributed by atoms with Gasteiger partial charge in [0.2, 0.25) is 5.82 Å². The molecule has 7 heteroatoms. The lowest BCUT2D eigenvalue weighted by Gasteiger charge is -2.36. The molecule has 0 bridgehead atoms. The first-order valence-electron chi connectivity index (χ1n) is 15.2. The van der Waals surface area contributed by atoms with Crippen molar-refractivity contribution in [1.82, 2.24) is 0 Å². The van der Waals surface area contributed by atoms with Gasteiger partial charge in [-0.3, -0.25) is 4.79 Å². The fraction of sp³-hybridized carbons (Fsp3) is 0.559. The van der Waals surface area contributed by atoms with Crippen molar-refractivity contribution >= 4 is 11.5 Å². The summed E-state index contributed by atoms with van der Waals surface area (Å²) in [6.45, 7) is 3.57. The third-order valence-electron chi connectivity index (χ3n) is 9.62. The minimum Gasteiger partial charge on any atom is -0.491 e. The van der Waals surface area contributed by atoms with Crippen LogP contribution in [0.1, 0.15) is 100 Å². The minimum absolute atomic E-state index is 0.0532. The second-order valence-corrected chi connectivity index (χ2v) is 12.1. The van der Waals surface area contributed by atoms with Crippen LogP contribution in [-0.4, -0.2) is 18.7 Å². The Balaban J connectivity index is 1.07. The molecule has 0 N–H and O–H groups in total. The predicted molar refractivity (Wildman–Crippen MR) is 150 cm³/mol. The molecule has 0 spiro atoms. The molecule has 5 rings (SSSR count). The number of halogens is 4. The number of aryl methyl sites for hydroxylation is 1. The Morgan fingerprint density at radius 1 is 0.805 bits per heavy atom. The molecule has 2 saturated carbocycles. The van der Waals surface area contributed by atoms with Crippen LogP contribution in [0.15, 0.2) is 30.3 Å². The highest BCUT2D eigenvalue weighted by molar-refractivity contribution is 5.72. The van der Waals surface area contributed by atoms with Crippen molar-refractivity contribution in [2.45, 2.75) is 96.5 Å². The molecule has 2 aromatic carbocycles. The molecule has 0 radical (unpaired) electrons. The van der Waals surface area contributed by atoms with Crippen LogP contribution < -0.4 is 4.74 Å². The fourth-order valence-corrected chi connectivity index (χ4v) is 7.13. The van der Waals surface area contributed by atoms with Crippen LogP contribution in [0.5, 0.6) is 5.75 Å². The summed E-state index contributed by atoms with van der Waals surface area (Å²) < 4.78 is 68.6. The van der Waals surface area contributed by atoms with Crippen molar-refractivity contribution in [2.24, 2.45) is 17.8 Å². The van der Waals surface area contributed by atoms with Gasteiger partial charge in [0, 0.05) is 5.56 Å². The number of hydrogen-bond acceptors (Lipinski definition) is 3. The lowest BCUT2D eigenvalue weighted by atomic mass is 9.72. The van der Waals surface area contributed by atoms with E-state index in [1.807, 2.05) is 0 Å². The zero-order valence-electron chi connectivity index (χ0n) is 24.0. The van der Waals surface area contributed by atoms with Crippen molar-refractivity contribution in [1.29, 1.82) is 0 Å². The van der Waals surface area contributed by atoms with Gasteiger partial charge < -0.3 is 9.47 Å². The topological polar surface area (TPSA) is 35.5 Å². The van der Waals surface area contributed by atoms with Crippen LogP contribution >= 0.6 is 0 Å². The van der Waals surface area contributed by atoms with Crippen molar-refractivity contribution in [2.75, 3.05) is 6.61 Å². The van der Waals surface area contributed by atoms with Crippen LogP contribution in [0.25, 0.3) is 5.57 Å². The lowest BCUT2D eigenvalue weighted by Crippen LogP contribution is -2.31. The Bertz CT molecular complexity index is 1270. The second kappa shape index (κ2) is 13.0. The quantitative estimate of drug-likeness (QED) is 0.245. The highest BCUT2D eigenvalue weighted by Gasteiger charge is 2.34. The van der Waals surface area contributed by atoms with Gasteiger partial charge in [0.05, 0.1) is 12.5 Å². The van der Waals surface area contributed by atoms with E-state index in [1.54, 1.807) is 32.0 Å². The zero-order valence-corrected chi connectivity index (χ0v) is 24.0. The molecule has 2 fully saturated rings. The molecular weight excluding hydrogens is 532 g/mol. The number of esters is 1. The monoisotopic (exact) mass is 572 g/mol. The molecule has 0 heterocycles. The van der Waals surface area contributed by atoms with E-state index in [4.69, 9.17) is 9.47 Å². The van der Waals surface area contributed by atoms with Crippen LogP contribution in [0.4, 0.5) is 17.6 Å². The minimum atomic E-state index is -0.927. The molecule has 0 amide bonds. The van der Waals surface area contributed by atoms with Gasteiger partial charge >= 0.3 is 5.97 Å². The lowest BCUT2D eigenvalue weighted by molar-refractivity contribution is -0.157. The maximum absolute atomic E-state index is 14.7. The zero-order chi connectivity index (χ0) is 29.1. The third-order valence-corrected chi connectivity index (χ3v) is 9.62. The average Bonchev–Trinajstić information content (AvgIpc) is 2.99. The average molecular weight is 573 g/mol. The fourth-order valence-electron chi connectivity index (χ4n) is 7.13. The van der Waals surface area contributed by atoms with E-state index in [9.17, 15) is 22.4 Å². The summed E-state index contributed by atoms with van der Waals surface area (Å²) in [5, 5.41) is 0. The first-order valence-corrected chi connectivity index (χ1v) is 15.2. The van der Waals surface area contributed by atoms with E-state index in [1.165, 1.54) is 6.07 Å². The number of allylic oxidation sites excluding steroid dienone is 2. The summed E-state index contributed by atoms with van der Waals surface area (Å²) in [6.07, 6.45) is 10.7. The number of benzene rings is 2. The third kappa shape index (κ3) is 6.49. The Hall–Kier alpha value is -2.83. The van der Waals surface area contributed by atoms with Gasteiger partial charge in [-0.05, 0) is 131 Å². The molecule has 222 valence electrons. The van der Waals surface area contributed by atoms with E-state index >= 15 is 0 Å². The van der Waals surface area contributed by atoms with E-state index in [0.717, 1.165) is 44.1 Å². The Labute approximate surface area is 240 Å². The molecule has 0 aromatic heterocycles. The first-order chi connectivity index (χ1) is 19.8. The van der Waals surface area contributed by atoms with E-state index in [-0.39, 0.29) is 36.3 Å². The summed E-state index contributed by atoms with van der Waals surface area (Å²) in [7, 11) is 0. The van der Waals surface area contributed by atoms with Crippen LogP contribution in [-0.2, 0) is 9.53 Å². The van der Waals surface area contributed by atoms with E-state index in [2.05, 4.69) is 6.08 Å². The van der Waals surface area contributed by atoms with Gasteiger partial charge in [-0.1, -0.05) is 18.2 Å². The summed E-state index contributed by atoms with van der Waals surface area (Å²) in [5.41, 5.74) is 1.90. The Morgan fingerprint density at radius 2 is 1.54 bits per heavy atom. The van der Waals surface area contributed by atoms with Crippen LogP contribution in [0.3, 0.4) is 0 Å². The van der Waals surface area contributed by atoms with E-state index in [0.29, 0.717) is 60.6 Å². The van der Waals surface area contributed by atoms with Crippen molar-refractivity contribution in [3.8, 4) is 5.75 Å². The molecule has 2 aromatic rings. The number of carbonyl (C=O) groups is 1. The molecule has 3 aliphatic carbocycles. The molecule has 0 aliphatic heterocycles. The van der Waals surface area contributed by atoms with Crippen LogP contribution in [0.2, 0.25) is 0 Å². The largest absolute Gasteiger partial charge is 0.491 e. The molecule has 3 aliphatic rings. The van der Waals surface area contributed by atoms with E-state index < -0.39 is 23.3 Å². The van der Waals surface area contributed by atoms with Gasteiger partial charge in [0.1, 0.15) is 6.10 Å². The first kappa shape index (κ1) is 29.7. The molecular formula is C34H40F4O3. The van der Waals surface area contributed by atoms with Crippen LogP contribution in [0, 0.1) is 47.9 Å². The van der Waals surface area contributed by atoms with Gasteiger partial charge in [0.25, 0.3) is 0 Å². The molecule has 1 atom stereocenters. The van der Waals surface area contributed by atoms with Crippen molar-refractivity contribution in [3.05, 3.63) is 70.3 Å². The van der Waals surface area contributed by atoms with Gasteiger partial charge in [-0.25, -0.2) is 13.2 Å². The number of ether oxygens (including phenoxy) is 2. The highest BCUT2D eigenvalue weighted by Crippen LogP contribution is 2.42. The Kier molecular flexibility index (Phi) is 9.40. The summed E-state index contributed by atoms with van der Waals surface area (Å²) in [6, 6.07) is 6.41. The highest BCUT2D eigenvalue weighted by atomic mass is 19.2. The number of hydrogen-bond donors (Lipinski definition) is 0. The molecule has 41 heavy (non-hydrogen) atoms. The van der Waals surface area contributed by atoms with Gasteiger partial charge in [-0.2, -0.15) is 4.39 Å². The van der Waals surface area contributed by atoms with Crippen molar-refractivity contribution in [3.63, 3.8) is 0 Å². The smallest absolute Gasteiger partial charge is 0.309 e. The van der Waals surface area contributed by atoms with Gasteiger partial charge in [-0.15, -0.1) is 0 Å². The summed E-state index contributed by atoms with van der Waals surface area (Å²) in [4.78, 5) is 12.9.